The molecule has 0 aliphatic rings. The summed E-state index contributed by atoms with van der Waals surface area (Å²) in [7, 11) is 0. The van der Waals surface area contributed by atoms with E-state index in [0.717, 1.165) is 17.1 Å². The maximum atomic E-state index is 11.1. The van der Waals surface area contributed by atoms with Gasteiger partial charge in [0.15, 0.2) is 6.04 Å². The number of aliphatic carboxylic acids is 1. The van der Waals surface area contributed by atoms with E-state index in [4.69, 9.17) is 5.11 Å². The minimum absolute atomic E-state index is 0.443. The molecule has 1 heterocycles. The summed E-state index contributed by atoms with van der Waals surface area (Å²) in [5.74, 6) is -0.950. The van der Waals surface area contributed by atoms with Crippen LogP contribution in [0.5, 0.6) is 0 Å². The smallest absolute Gasteiger partial charge is 0.327 e. The van der Waals surface area contributed by atoms with E-state index in [9.17, 15) is 4.79 Å². The molecule has 88 valence electrons. The molecule has 0 saturated heterocycles. The van der Waals surface area contributed by atoms with Crippen LogP contribution < -0.4 is 5.32 Å². The minimum Gasteiger partial charge on any atom is -0.480 e. The lowest BCUT2D eigenvalue weighted by Gasteiger charge is -2.11. The van der Waals surface area contributed by atoms with Crippen LogP contribution in [0.1, 0.15) is 17.3 Å². The number of benzene rings is 1. The lowest BCUT2D eigenvalue weighted by Crippen LogP contribution is -2.28. The average Bonchev–Trinajstić information content (AvgIpc) is 2.84. The summed E-state index contributed by atoms with van der Waals surface area (Å²) in [4.78, 5) is 11.1. The Balaban J connectivity index is 2.03. The Hall–Kier alpha value is -1.79. The van der Waals surface area contributed by atoms with Gasteiger partial charge in [-0.1, -0.05) is 34.8 Å². The standard InChI is InChI=1S/C11H11N3O2S/c15-11(16)10(9-7-17-14-13-9)12-6-8-4-2-1-3-5-8/h1-5,7,10,12H,6H2,(H,15,16). The summed E-state index contributed by atoms with van der Waals surface area (Å²) in [5.41, 5.74) is 1.47. The molecule has 1 atom stereocenters. The van der Waals surface area contributed by atoms with Gasteiger partial charge in [0.1, 0.15) is 5.69 Å². The summed E-state index contributed by atoms with van der Waals surface area (Å²) in [6, 6.07) is 8.81. The molecule has 17 heavy (non-hydrogen) atoms. The Morgan fingerprint density at radius 3 is 2.76 bits per heavy atom. The Labute approximate surface area is 102 Å². The maximum Gasteiger partial charge on any atom is 0.327 e. The third-order valence-electron chi connectivity index (χ3n) is 2.27. The molecule has 0 amide bonds. The van der Waals surface area contributed by atoms with Crippen LogP contribution in [0.4, 0.5) is 0 Å². The molecule has 0 fully saturated rings. The fourth-order valence-corrected chi connectivity index (χ4v) is 1.91. The number of carbonyl (C=O) groups is 1. The molecule has 6 heteroatoms. The molecule has 0 aliphatic carbocycles. The quantitative estimate of drug-likeness (QED) is 0.839. The zero-order valence-electron chi connectivity index (χ0n) is 8.91. The van der Waals surface area contributed by atoms with E-state index in [1.54, 1.807) is 5.38 Å². The van der Waals surface area contributed by atoms with Crippen molar-refractivity contribution in [2.24, 2.45) is 0 Å². The number of carboxylic acid groups (broad SMARTS) is 1. The van der Waals surface area contributed by atoms with Gasteiger partial charge in [-0.25, -0.2) is 0 Å². The van der Waals surface area contributed by atoms with Gasteiger partial charge in [0, 0.05) is 11.9 Å². The molecular weight excluding hydrogens is 238 g/mol. The summed E-state index contributed by atoms with van der Waals surface area (Å²) in [6.07, 6.45) is 0. The third kappa shape index (κ3) is 3.08. The Kier molecular flexibility index (Phi) is 3.79. The van der Waals surface area contributed by atoms with Crippen LogP contribution in [0.2, 0.25) is 0 Å². The minimum atomic E-state index is -0.950. The first-order valence-corrected chi connectivity index (χ1v) is 5.88. The first-order valence-electron chi connectivity index (χ1n) is 5.04. The van der Waals surface area contributed by atoms with Crippen molar-refractivity contribution in [3.05, 3.63) is 47.0 Å². The van der Waals surface area contributed by atoms with Crippen LogP contribution in [0, 0.1) is 0 Å². The van der Waals surface area contributed by atoms with E-state index in [2.05, 4.69) is 14.9 Å². The highest BCUT2D eigenvalue weighted by Gasteiger charge is 2.21. The zero-order valence-corrected chi connectivity index (χ0v) is 9.72. The van der Waals surface area contributed by atoms with E-state index in [1.807, 2.05) is 30.3 Å². The van der Waals surface area contributed by atoms with E-state index >= 15 is 0 Å². The fourth-order valence-electron chi connectivity index (χ4n) is 1.43. The normalized spacial score (nSPS) is 12.2. The number of aromatic nitrogens is 2. The van der Waals surface area contributed by atoms with E-state index < -0.39 is 12.0 Å². The van der Waals surface area contributed by atoms with E-state index in [-0.39, 0.29) is 0 Å². The molecule has 2 rings (SSSR count). The third-order valence-corrected chi connectivity index (χ3v) is 2.80. The molecule has 0 spiro atoms. The van der Waals surface area contributed by atoms with Crippen molar-refractivity contribution in [1.29, 1.82) is 0 Å². The van der Waals surface area contributed by atoms with Gasteiger partial charge in [0.25, 0.3) is 0 Å². The molecule has 1 unspecified atom stereocenters. The van der Waals surface area contributed by atoms with Gasteiger partial charge < -0.3 is 5.11 Å². The van der Waals surface area contributed by atoms with Gasteiger partial charge in [-0.15, -0.1) is 5.10 Å². The summed E-state index contributed by atoms with van der Waals surface area (Å²) < 4.78 is 3.67. The second-order valence-electron chi connectivity index (χ2n) is 3.47. The van der Waals surface area contributed by atoms with Crippen molar-refractivity contribution in [3.8, 4) is 0 Å². The highest BCUT2D eigenvalue weighted by Crippen LogP contribution is 2.12. The maximum absolute atomic E-state index is 11.1. The molecule has 5 nitrogen and oxygen atoms in total. The molecule has 0 radical (unpaired) electrons. The van der Waals surface area contributed by atoms with Gasteiger partial charge in [-0.3, -0.25) is 10.1 Å². The lowest BCUT2D eigenvalue weighted by atomic mass is 10.2. The number of nitrogens with one attached hydrogen (secondary N) is 1. The Morgan fingerprint density at radius 2 is 2.18 bits per heavy atom. The van der Waals surface area contributed by atoms with Crippen LogP contribution in [0.25, 0.3) is 0 Å². The van der Waals surface area contributed by atoms with Crippen molar-refractivity contribution in [3.63, 3.8) is 0 Å². The van der Waals surface area contributed by atoms with E-state index in [1.165, 1.54) is 0 Å². The van der Waals surface area contributed by atoms with Crippen molar-refractivity contribution in [1.82, 2.24) is 14.9 Å². The molecule has 1 aromatic carbocycles. The summed E-state index contributed by atoms with van der Waals surface area (Å²) >= 11 is 1.14. The van der Waals surface area contributed by atoms with Crippen molar-refractivity contribution < 1.29 is 9.90 Å². The molecule has 0 bridgehead atoms. The highest BCUT2D eigenvalue weighted by molar-refractivity contribution is 7.03. The summed E-state index contributed by atoms with van der Waals surface area (Å²) in [6.45, 7) is 0.481. The van der Waals surface area contributed by atoms with Gasteiger partial charge in [-0.05, 0) is 17.1 Å². The fraction of sp³-hybridized carbons (Fsp3) is 0.182. The van der Waals surface area contributed by atoms with Crippen molar-refractivity contribution in [2.45, 2.75) is 12.6 Å². The predicted octanol–water partition coefficient (Wildman–Crippen LogP) is 1.45. The van der Waals surface area contributed by atoms with Crippen molar-refractivity contribution in [2.75, 3.05) is 0 Å². The van der Waals surface area contributed by atoms with Gasteiger partial charge in [-0.2, -0.15) is 0 Å². The Morgan fingerprint density at radius 1 is 1.41 bits per heavy atom. The SMILES string of the molecule is O=C(O)C(NCc1ccccc1)c1csnn1. The van der Waals surface area contributed by atoms with Gasteiger partial charge in [0.05, 0.1) is 0 Å². The molecule has 2 aromatic rings. The number of rotatable bonds is 5. The second kappa shape index (κ2) is 5.51. The molecule has 2 N–H and O–H groups in total. The lowest BCUT2D eigenvalue weighted by molar-refractivity contribution is -0.139. The van der Waals surface area contributed by atoms with Crippen molar-refractivity contribution >= 4 is 17.5 Å². The monoisotopic (exact) mass is 249 g/mol. The molecule has 0 aliphatic heterocycles. The van der Waals surface area contributed by atoms with Crippen LogP contribution in [-0.2, 0) is 11.3 Å². The Bertz CT molecular complexity index is 473. The molecular formula is C11H11N3O2S. The molecule has 1 aromatic heterocycles. The predicted molar refractivity (Wildman–Crippen MR) is 63.6 cm³/mol. The summed E-state index contributed by atoms with van der Waals surface area (Å²) in [5, 5.41) is 17.5. The first-order chi connectivity index (χ1) is 8.27. The topological polar surface area (TPSA) is 75.1 Å². The number of nitrogens with zero attached hydrogens (tertiary/aromatic N) is 2. The average molecular weight is 249 g/mol. The largest absolute Gasteiger partial charge is 0.480 e. The molecule has 0 saturated carbocycles. The first kappa shape index (κ1) is 11.7. The number of hydrogen-bond acceptors (Lipinski definition) is 5. The van der Waals surface area contributed by atoms with Gasteiger partial charge >= 0.3 is 5.97 Å². The van der Waals surface area contributed by atoms with Crippen LogP contribution in [0.15, 0.2) is 35.7 Å². The van der Waals surface area contributed by atoms with E-state index in [0.29, 0.717) is 12.2 Å². The van der Waals surface area contributed by atoms with Crippen LogP contribution in [-0.4, -0.2) is 20.7 Å². The number of hydrogen-bond donors (Lipinski definition) is 2. The van der Waals surface area contributed by atoms with Crippen LogP contribution in [0.3, 0.4) is 0 Å². The van der Waals surface area contributed by atoms with Crippen LogP contribution >= 0.6 is 11.5 Å². The van der Waals surface area contributed by atoms with Gasteiger partial charge in [0.2, 0.25) is 0 Å². The number of carboxylic acids is 1. The second-order valence-corrected chi connectivity index (χ2v) is 4.08. The highest BCUT2D eigenvalue weighted by atomic mass is 32.1. The zero-order chi connectivity index (χ0) is 12.1.